The van der Waals surface area contributed by atoms with Crippen LogP contribution in [0.25, 0.3) is 5.69 Å². The largest absolute Gasteiger partial charge is 0.493 e. The fourth-order valence-corrected chi connectivity index (χ4v) is 5.63. The third-order valence-electron chi connectivity index (χ3n) is 5.97. The lowest BCUT2D eigenvalue weighted by atomic mass is 9.81. The molecule has 4 nitrogen and oxygen atoms in total. The van der Waals surface area contributed by atoms with E-state index in [2.05, 4.69) is 13.8 Å². The molecule has 0 radical (unpaired) electrons. The van der Waals surface area contributed by atoms with Gasteiger partial charge >= 0.3 is 0 Å². The van der Waals surface area contributed by atoms with Gasteiger partial charge in [-0.2, -0.15) is 0 Å². The van der Waals surface area contributed by atoms with E-state index in [-0.39, 0.29) is 5.82 Å². The summed E-state index contributed by atoms with van der Waals surface area (Å²) >= 11 is 14.3. The average Bonchev–Trinajstić information content (AvgIpc) is 3.28. The number of hydrogen-bond acceptors (Lipinski definition) is 4. The van der Waals surface area contributed by atoms with Crippen molar-refractivity contribution in [3.63, 3.8) is 0 Å². The lowest BCUT2D eigenvalue weighted by Crippen LogP contribution is -2.23. The molecule has 0 spiro atoms. The normalized spacial score (nSPS) is 11.5. The van der Waals surface area contributed by atoms with Gasteiger partial charge in [0.25, 0.3) is 0 Å². The van der Waals surface area contributed by atoms with Gasteiger partial charge in [0.05, 0.1) is 26.1 Å². The van der Waals surface area contributed by atoms with Crippen LogP contribution in [0.2, 0.25) is 10.0 Å². The summed E-state index contributed by atoms with van der Waals surface area (Å²) in [5, 5.41) is 1.96. The number of methoxy groups -OCH3 is 2. The van der Waals surface area contributed by atoms with E-state index >= 15 is 0 Å². The Morgan fingerprint density at radius 1 is 0.943 bits per heavy atom. The Bertz CT molecular complexity index is 1320. The number of halogens is 3. The van der Waals surface area contributed by atoms with Crippen LogP contribution in [0.3, 0.4) is 0 Å². The fourth-order valence-electron chi connectivity index (χ4n) is 3.90. The Balaban J connectivity index is 1.80. The second-order valence-corrected chi connectivity index (χ2v) is 10.2. The smallest absolute Gasteiger partial charge is 0.173 e. The first-order valence-electron chi connectivity index (χ1n) is 10.9. The average molecular weight is 531 g/mol. The van der Waals surface area contributed by atoms with E-state index in [1.807, 2.05) is 47.2 Å². The molecule has 1 aromatic heterocycles. The van der Waals surface area contributed by atoms with Crippen molar-refractivity contribution in [1.29, 1.82) is 0 Å². The highest BCUT2D eigenvalue weighted by atomic mass is 35.5. The van der Waals surface area contributed by atoms with E-state index in [4.69, 9.17) is 37.7 Å². The molecule has 35 heavy (non-hydrogen) atoms. The van der Waals surface area contributed by atoms with Crippen LogP contribution >= 0.6 is 35.0 Å². The number of rotatable bonds is 8. The predicted molar refractivity (Wildman–Crippen MR) is 141 cm³/mol. The molecule has 0 aliphatic rings. The molecule has 0 atom stereocenters. The van der Waals surface area contributed by atoms with Gasteiger partial charge in [-0.25, -0.2) is 9.37 Å². The number of imidazole rings is 1. The topological polar surface area (TPSA) is 36.3 Å². The molecule has 1 heterocycles. The maximum absolute atomic E-state index is 13.8. The first-order chi connectivity index (χ1) is 16.8. The quantitative estimate of drug-likeness (QED) is 0.216. The van der Waals surface area contributed by atoms with Crippen LogP contribution in [0.5, 0.6) is 11.5 Å². The summed E-state index contributed by atoms with van der Waals surface area (Å²) in [7, 11) is 3.23. The molecule has 0 saturated heterocycles. The molecule has 0 amide bonds. The molecule has 8 heteroatoms. The monoisotopic (exact) mass is 530 g/mol. The third kappa shape index (κ3) is 5.15. The highest BCUT2D eigenvalue weighted by molar-refractivity contribution is 7.98. The number of nitrogens with zero attached hydrogens (tertiary/aromatic N) is 2. The van der Waals surface area contributed by atoms with Gasteiger partial charge in [0.1, 0.15) is 5.82 Å². The van der Waals surface area contributed by atoms with Gasteiger partial charge in [0, 0.05) is 26.9 Å². The highest BCUT2D eigenvalue weighted by Gasteiger charge is 2.30. The fraction of sp³-hybridized carbons (Fsp3) is 0.222. The van der Waals surface area contributed by atoms with Crippen LogP contribution in [-0.2, 0) is 11.2 Å². The zero-order valence-corrected chi connectivity index (χ0v) is 22.1. The lowest BCUT2D eigenvalue weighted by Gasteiger charge is -2.28. The van der Waals surface area contributed by atoms with Crippen LogP contribution in [0, 0.1) is 5.82 Å². The number of benzene rings is 3. The SMILES string of the molecule is COc1ccc(C(C)(C)c2cnc(SCc3c(Cl)cccc3Cl)n2-c2ccc(F)cc2)cc1OC. The van der Waals surface area contributed by atoms with Crippen LogP contribution in [0.1, 0.15) is 30.7 Å². The van der Waals surface area contributed by atoms with Gasteiger partial charge in [-0.15, -0.1) is 0 Å². The van der Waals surface area contributed by atoms with Gasteiger partial charge in [-0.3, -0.25) is 4.57 Å². The van der Waals surface area contributed by atoms with Crippen molar-refractivity contribution in [3.8, 4) is 17.2 Å². The van der Waals surface area contributed by atoms with Crippen LogP contribution in [0.4, 0.5) is 4.39 Å². The lowest BCUT2D eigenvalue weighted by molar-refractivity contribution is 0.353. The molecule has 0 saturated carbocycles. The van der Waals surface area contributed by atoms with Crippen molar-refractivity contribution in [2.45, 2.75) is 30.2 Å². The van der Waals surface area contributed by atoms with Crippen molar-refractivity contribution in [2.75, 3.05) is 14.2 Å². The molecule has 4 rings (SSSR count). The maximum atomic E-state index is 13.8. The number of thioether (sulfide) groups is 1. The van der Waals surface area contributed by atoms with Crippen molar-refractivity contribution < 1.29 is 13.9 Å². The van der Waals surface area contributed by atoms with Crippen molar-refractivity contribution >= 4 is 35.0 Å². The van der Waals surface area contributed by atoms with Crippen molar-refractivity contribution in [3.05, 3.63) is 99.5 Å². The Morgan fingerprint density at radius 2 is 1.60 bits per heavy atom. The minimum atomic E-state index is -0.470. The summed E-state index contributed by atoms with van der Waals surface area (Å²) < 4.78 is 26.7. The van der Waals surface area contributed by atoms with Gasteiger partial charge in [0.2, 0.25) is 0 Å². The highest BCUT2D eigenvalue weighted by Crippen LogP contribution is 2.40. The van der Waals surface area contributed by atoms with Gasteiger partial charge in [0.15, 0.2) is 16.7 Å². The van der Waals surface area contributed by atoms with Crippen LogP contribution in [0.15, 0.2) is 72.0 Å². The van der Waals surface area contributed by atoms with Crippen LogP contribution in [-0.4, -0.2) is 23.8 Å². The van der Waals surface area contributed by atoms with Crippen molar-refractivity contribution in [1.82, 2.24) is 9.55 Å². The van der Waals surface area contributed by atoms with E-state index in [1.165, 1.54) is 23.9 Å². The molecule has 0 aliphatic carbocycles. The molecule has 4 aromatic rings. The predicted octanol–water partition coefficient (Wildman–Crippen LogP) is 7.95. The van der Waals surface area contributed by atoms with Gasteiger partial charge in [-0.05, 0) is 59.7 Å². The Morgan fingerprint density at radius 3 is 2.23 bits per heavy atom. The Kier molecular flexibility index (Phi) is 7.64. The minimum absolute atomic E-state index is 0.299. The van der Waals surface area contributed by atoms with Gasteiger partial charge in [-0.1, -0.05) is 60.9 Å². The molecular weight excluding hydrogens is 506 g/mol. The van der Waals surface area contributed by atoms with Crippen LogP contribution < -0.4 is 9.47 Å². The summed E-state index contributed by atoms with van der Waals surface area (Å²) in [6.07, 6.45) is 1.86. The Labute approximate surface area is 219 Å². The number of aromatic nitrogens is 2. The zero-order chi connectivity index (χ0) is 25.2. The Hall–Kier alpha value is -2.67. The third-order valence-corrected chi connectivity index (χ3v) is 7.65. The van der Waals surface area contributed by atoms with E-state index in [0.29, 0.717) is 27.3 Å². The summed E-state index contributed by atoms with van der Waals surface area (Å²) in [5.74, 6) is 1.54. The van der Waals surface area contributed by atoms with E-state index in [1.54, 1.807) is 26.4 Å². The molecule has 0 bridgehead atoms. The summed E-state index contributed by atoms with van der Waals surface area (Å²) in [5.41, 5.74) is 3.13. The molecule has 0 aliphatic heterocycles. The minimum Gasteiger partial charge on any atom is -0.493 e. The number of hydrogen-bond donors (Lipinski definition) is 0. The standard InChI is InChI=1S/C27H25Cl2FN2O2S/c1-27(2,17-8-13-23(33-3)24(14-17)34-4)25-15-31-26(32(25)19-11-9-18(30)10-12-19)35-16-20-21(28)6-5-7-22(20)29/h5-15H,16H2,1-4H3. The van der Waals surface area contributed by atoms with E-state index in [0.717, 1.165) is 27.7 Å². The first-order valence-corrected chi connectivity index (χ1v) is 12.6. The second kappa shape index (κ2) is 10.5. The summed E-state index contributed by atoms with van der Waals surface area (Å²) in [6.45, 7) is 4.23. The molecule has 3 aromatic carbocycles. The summed E-state index contributed by atoms with van der Waals surface area (Å²) in [4.78, 5) is 4.75. The maximum Gasteiger partial charge on any atom is 0.173 e. The molecule has 0 unspecified atom stereocenters. The first kappa shape index (κ1) is 25.4. The molecule has 0 N–H and O–H groups in total. The summed E-state index contributed by atoms with van der Waals surface area (Å²) in [6, 6.07) is 17.7. The molecule has 182 valence electrons. The van der Waals surface area contributed by atoms with Crippen molar-refractivity contribution in [2.24, 2.45) is 0 Å². The van der Waals surface area contributed by atoms with E-state index < -0.39 is 5.41 Å². The van der Waals surface area contributed by atoms with E-state index in [9.17, 15) is 4.39 Å². The molecule has 0 fully saturated rings. The molecular formula is C27H25Cl2FN2O2S. The van der Waals surface area contributed by atoms with Gasteiger partial charge < -0.3 is 9.47 Å². The number of ether oxygens (including phenoxy) is 2. The second-order valence-electron chi connectivity index (χ2n) is 8.42. The zero-order valence-electron chi connectivity index (χ0n) is 19.8.